The van der Waals surface area contributed by atoms with Crippen molar-refractivity contribution in [3.63, 3.8) is 0 Å². The highest BCUT2D eigenvalue weighted by Crippen LogP contribution is 2.36. The Kier molecular flexibility index (Phi) is 4.65. The molecule has 0 aromatic heterocycles. The summed E-state index contributed by atoms with van der Waals surface area (Å²) in [4.78, 5) is 0. The number of hydrogen-bond acceptors (Lipinski definition) is 1. The van der Waals surface area contributed by atoms with Crippen molar-refractivity contribution in [2.24, 2.45) is 0 Å². The lowest BCUT2D eigenvalue weighted by Crippen LogP contribution is -2.18. The Morgan fingerprint density at radius 1 is 1.24 bits per heavy atom. The number of benzene rings is 2. The van der Waals surface area contributed by atoms with Crippen molar-refractivity contribution in [2.75, 3.05) is 5.33 Å². The minimum Gasteiger partial charge on any atom is -0.490 e. The van der Waals surface area contributed by atoms with Crippen LogP contribution in [0.15, 0.2) is 46.9 Å². The molecule has 0 saturated carbocycles. The van der Waals surface area contributed by atoms with Gasteiger partial charge in [0, 0.05) is 21.8 Å². The van der Waals surface area contributed by atoms with Crippen LogP contribution in [-0.2, 0) is 6.42 Å². The predicted molar refractivity (Wildman–Crippen MR) is 89.8 cm³/mol. The summed E-state index contributed by atoms with van der Waals surface area (Å²) in [5.41, 5.74) is 2.25. The molecule has 2 aromatic rings. The number of alkyl halides is 1. The molecule has 110 valence electrons. The van der Waals surface area contributed by atoms with Crippen molar-refractivity contribution in [3.8, 4) is 5.75 Å². The molecular weight excluding hydrogens is 399 g/mol. The van der Waals surface area contributed by atoms with Crippen LogP contribution in [0.4, 0.5) is 4.39 Å². The predicted octanol–water partition coefficient (Wildman–Crippen LogP) is 5.46. The lowest BCUT2D eigenvalue weighted by molar-refractivity contribution is 0.213. The lowest BCUT2D eigenvalue weighted by atomic mass is 9.93. The van der Waals surface area contributed by atoms with Crippen molar-refractivity contribution in [1.82, 2.24) is 0 Å². The van der Waals surface area contributed by atoms with E-state index in [1.54, 1.807) is 12.1 Å². The maximum Gasteiger partial charge on any atom is 0.123 e. The maximum absolute atomic E-state index is 13.3. The molecule has 0 radical (unpaired) electrons. The topological polar surface area (TPSA) is 9.23 Å². The van der Waals surface area contributed by atoms with Crippen LogP contribution in [0.1, 0.15) is 23.5 Å². The Hall–Kier alpha value is -0.870. The summed E-state index contributed by atoms with van der Waals surface area (Å²) in [6.07, 6.45) is 1.79. The third-order valence-corrected chi connectivity index (χ3v) is 5.35. The molecule has 0 spiro atoms. The van der Waals surface area contributed by atoms with E-state index in [1.807, 2.05) is 6.07 Å². The smallest absolute Gasteiger partial charge is 0.123 e. The molecule has 2 atom stereocenters. The molecule has 1 nitrogen and oxygen atoms in total. The van der Waals surface area contributed by atoms with Crippen LogP contribution in [0.2, 0.25) is 0 Å². The monoisotopic (exact) mass is 412 g/mol. The van der Waals surface area contributed by atoms with Gasteiger partial charge in [0.25, 0.3) is 0 Å². The Morgan fingerprint density at radius 2 is 2.05 bits per heavy atom. The van der Waals surface area contributed by atoms with Crippen molar-refractivity contribution >= 4 is 31.9 Å². The van der Waals surface area contributed by atoms with Crippen LogP contribution in [0.3, 0.4) is 0 Å². The van der Waals surface area contributed by atoms with Gasteiger partial charge in [0.2, 0.25) is 0 Å². The van der Waals surface area contributed by atoms with Gasteiger partial charge in [-0.25, -0.2) is 4.39 Å². The summed E-state index contributed by atoms with van der Waals surface area (Å²) in [6, 6.07) is 13.0. The Balaban J connectivity index is 1.74. The molecule has 1 aliphatic heterocycles. The van der Waals surface area contributed by atoms with Gasteiger partial charge in [-0.05, 0) is 42.2 Å². The second kappa shape index (κ2) is 6.49. The highest BCUT2D eigenvalue weighted by atomic mass is 79.9. The minimum atomic E-state index is -0.194. The summed E-state index contributed by atoms with van der Waals surface area (Å²) in [5.74, 6) is 0.993. The zero-order valence-corrected chi connectivity index (χ0v) is 14.5. The van der Waals surface area contributed by atoms with Gasteiger partial charge >= 0.3 is 0 Å². The van der Waals surface area contributed by atoms with Crippen LogP contribution >= 0.6 is 31.9 Å². The normalized spacial score (nSPS) is 18.1. The first-order valence-corrected chi connectivity index (χ1v) is 8.84. The van der Waals surface area contributed by atoms with Crippen LogP contribution in [0.5, 0.6) is 5.75 Å². The fraction of sp³-hybridized carbons (Fsp3) is 0.294. The summed E-state index contributed by atoms with van der Waals surface area (Å²) >= 11 is 7.22. The van der Waals surface area contributed by atoms with Crippen molar-refractivity contribution in [3.05, 3.63) is 63.9 Å². The highest BCUT2D eigenvalue weighted by Gasteiger charge is 2.27. The summed E-state index contributed by atoms with van der Waals surface area (Å²) in [6.45, 7) is 0. The third kappa shape index (κ3) is 3.32. The van der Waals surface area contributed by atoms with Gasteiger partial charge in [0.1, 0.15) is 17.7 Å². The minimum absolute atomic E-state index is 0.108. The second-order valence-electron chi connectivity index (χ2n) is 5.30. The number of rotatable bonds is 4. The molecule has 1 aliphatic rings. The Labute approximate surface area is 140 Å². The molecule has 4 heteroatoms. The van der Waals surface area contributed by atoms with Crippen LogP contribution in [-0.4, -0.2) is 11.4 Å². The zero-order chi connectivity index (χ0) is 14.8. The van der Waals surface area contributed by atoms with Gasteiger partial charge in [-0.1, -0.05) is 50.1 Å². The van der Waals surface area contributed by atoms with Gasteiger partial charge < -0.3 is 4.74 Å². The summed E-state index contributed by atoms with van der Waals surface area (Å²) < 4.78 is 20.3. The average Bonchev–Trinajstić information content (AvgIpc) is 2.87. The third-order valence-electron chi connectivity index (χ3n) is 3.84. The molecule has 0 amide bonds. The number of fused-ring (bicyclic) bond motifs is 1. The first kappa shape index (κ1) is 15.0. The van der Waals surface area contributed by atoms with E-state index in [0.717, 1.165) is 34.0 Å². The molecule has 0 N–H and O–H groups in total. The molecule has 2 unspecified atom stereocenters. The van der Waals surface area contributed by atoms with Gasteiger partial charge in [0.05, 0.1) is 0 Å². The summed E-state index contributed by atoms with van der Waals surface area (Å²) in [7, 11) is 0. The number of ether oxygens (including phenoxy) is 1. The Morgan fingerprint density at radius 3 is 2.81 bits per heavy atom. The van der Waals surface area contributed by atoms with E-state index in [0.29, 0.717) is 5.92 Å². The molecule has 1 heterocycles. The molecule has 0 aliphatic carbocycles. The van der Waals surface area contributed by atoms with Crippen molar-refractivity contribution in [1.29, 1.82) is 0 Å². The molecule has 0 bridgehead atoms. The lowest BCUT2D eigenvalue weighted by Gasteiger charge is -2.20. The van der Waals surface area contributed by atoms with Crippen molar-refractivity contribution < 1.29 is 9.13 Å². The quantitative estimate of drug-likeness (QED) is 0.604. The number of halogens is 3. The SMILES string of the molecule is Fc1ccc2c(c1)CC(CC(CBr)c1ccccc1Br)O2. The fourth-order valence-corrected chi connectivity index (χ4v) is 4.04. The van der Waals surface area contributed by atoms with E-state index in [1.165, 1.54) is 11.6 Å². The standard InChI is InChI=1S/C17H15Br2FO/c18-10-12(15-3-1-2-4-16(15)19)9-14-8-11-7-13(20)5-6-17(11)21-14/h1-7,12,14H,8-10H2. The molecule has 0 saturated heterocycles. The van der Waals surface area contributed by atoms with E-state index in [2.05, 4.69) is 50.1 Å². The van der Waals surface area contributed by atoms with Gasteiger partial charge in [-0.3, -0.25) is 0 Å². The first-order chi connectivity index (χ1) is 10.2. The zero-order valence-electron chi connectivity index (χ0n) is 11.4. The highest BCUT2D eigenvalue weighted by molar-refractivity contribution is 9.10. The first-order valence-electron chi connectivity index (χ1n) is 6.93. The maximum atomic E-state index is 13.3. The van der Waals surface area contributed by atoms with Crippen LogP contribution in [0, 0.1) is 5.82 Å². The van der Waals surface area contributed by atoms with Crippen LogP contribution in [0.25, 0.3) is 0 Å². The summed E-state index contributed by atoms with van der Waals surface area (Å²) in [5, 5.41) is 0.875. The second-order valence-corrected chi connectivity index (χ2v) is 6.81. The molecule has 3 rings (SSSR count). The number of hydrogen-bond donors (Lipinski definition) is 0. The Bertz CT molecular complexity index is 644. The molecule has 2 aromatic carbocycles. The largest absolute Gasteiger partial charge is 0.490 e. The fourth-order valence-electron chi connectivity index (χ4n) is 2.82. The van der Waals surface area contributed by atoms with E-state index in [9.17, 15) is 4.39 Å². The van der Waals surface area contributed by atoms with E-state index < -0.39 is 0 Å². The van der Waals surface area contributed by atoms with Crippen LogP contribution < -0.4 is 4.74 Å². The van der Waals surface area contributed by atoms with E-state index >= 15 is 0 Å². The van der Waals surface area contributed by atoms with Gasteiger partial charge in [-0.2, -0.15) is 0 Å². The van der Waals surface area contributed by atoms with E-state index in [4.69, 9.17) is 4.74 Å². The van der Waals surface area contributed by atoms with Gasteiger partial charge in [0.15, 0.2) is 0 Å². The molecular formula is C17H15Br2FO. The van der Waals surface area contributed by atoms with E-state index in [-0.39, 0.29) is 11.9 Å². The molecule has 0 fully saturated rings. The van der Waals surface area contributed by atoms with Gasteiger partial charge in [-0.15, -0.1) is 0 Å². The van der Waals surface area contributed by atoms with Crippen molar-refractivity contribution in [2.45, 2.75) is 24.9 Å². The average molecular weight is 414 g/mol. The molecule has 21 heavy (non-hydrogen) atoms.